The van der Waals surface area contributed by atoms with Crippen molar-refractivity contribution in [2.75, 3.05) is 26.7 Å². The van der Waals surface area contributed by atoms with Crippen LogP contribution < -0.4 is 5.14 Å². The highest BCUT2D eigenvalue weighted by Crippen LogP contribution is 2.20. The Morgan fingerprint density at radius 3 is 2.54 bits per heavy atom. The van der Waals surface area contributed by atoms with Gasteiger partial charge in [0, 0.05) is 33.1 Å². The molecule has 0 spiro atoms. The maximum Gasteiger partial charge on any atom is 0.238 e. The van der Waals surface area contributed by atoms with Gasteiger partial charge in [0.25, 0.3) is 0 Å². The third-order valence-corrected chi connectivity index (χ3v) is 5.64. The molecule has 1 aromatic rings. The molecule has 1 fully saturated rings. The number of hydrogen-bond donors (Lipinski definition) is 1. The zero-order valence-electron chi connectivity index (χ0n) is 15.3. The summed E-state index contributed by atoms with van der Waals surface area (Å²) < 4.78 is 22.5. The summed E-state index contributed by atoms with van der Waals surface area (Å²) in [6, 6.07) is 6.32. The van der Waals surface area contributed by atoms with Crippen molar-refractivity contribution >= 4 is 21.8 Å². The molecule has 1 heterocycles. The van der Waals surface area contributed by atoms with Crippen LogP contribution in [0, 0.1) is 5.92 Å². The van der Waals surface area contributed by atoms with E-state index in [-0.39, 0.29) is 29.0 Å². The van der Waals surface area contributed by atoms with E-state index in [9.17, 15) is 18.0 Å². The van der Waals surface area contributed by atoms with Crippen LogP contribution in [0.1, 0.15) is 31.7 Å². The van der Waals surface area contributed by atoms with Crippen LogP contribution in [0.4, 0.5) is 0 Å². The molecule has 0 radical (unpaired) electrons. The fourth-order valence-electron chi connectivity index (χ4n) is 3.08. The number of likely N-dealkylation sites (tertiary alicyclic amines) is 1. The van der Waals surface area contributed by atoms with Gasteiger partial charge >= 0.3 is 0 Å². The lowest BCUT2D eigenvalue weighted by molar-refractivity contribution is -0.134. The number of carbonyl (C=O) groups excluding carboxylic acids is 2. The van der Waals surface area contributed by atoms with Gasteiger partial charge in [-0.05, 0) is 30.5 Å². The normalized spacial score (nSPS) is 17.6. The SMILES string of the molecule is CCCCN(C)C(=O)C1CC(=O)N(CCc2ccc(S(N)(=O)=O)cc2)C1. The van der Waals surface area contributed by atoms with Crippen molar-refractivity contribution in [3.8, 4) is 0 Å². The Morgan fingerprint density at radius 2 is 1.96 bits per heavy atom. The lowest BCUT2D eigenvalue weighted by Gasteiger charge is -2.21. The number of primary sulfonamides is 1. The van der Waals surface area contributed by atoms with Crippen molar-refractivity contribution in [3.05, 3.63) is 29.8 Å². The monoisotopic (exact) mass is 381 g/mol. The van der Waals surface area contributed by atoms with E-state index in [0.29, 0.717) is 19.5 Å². The highest BCUT2D eigenvalue weighted by Gasteiger charge is 2.35. The smallest absolute Gasteiger partial charge is 0.238 e. The van der Waals surface area contributed by atoms with Crippen LogP contribution in [0.3, 0.4) is 0 Å². The molecule has 8 heteroatoms. The number of nitrogens with zero attached hydrogens (tertiary/aromatic N) is 2. The molecule has 0 aliphatic carbocycles. The molecular weight excluding hydrogens is 354 g/mol. The number of benzene rings is 1. The molecule has 2 rings (SSSR count). The minimum absolute atomic E-state index is 0.00611. The van der Waals surface area contributed by atoms with Gasteiger partial charge in [-0.2, -0.15) is 0 Å². The van der Waals surface area contributed by atoms with E-state index in [1.54, 1.807) is 29.0 Å². The maximum absolute atomic E-state index is 12.4. The summed E-state index contributed by atoms with van der Waals surface area (Å²) in [7, 11) is -1.91. The molecule has 7 nitrogen and oxygen atoms in total. The van der Waals surface area contributed by atoms with Gasteiger partial charge in [-0.25, -0.2) is 13.6 Å². The minimum Gasteiger partial charge on any atom is -0.345 e. The molecular formula is C18H27N3O4S. The summed E-state index contributed by atoms with van der Waals surface area (Å²) in [5.74, 6) is -0.241. The highest BCUT2D eigenvalue weighted by atomic mass is 32.2. The molecule has 1 aromatic carbocycles. The lowest BCUT2D eigenvalue weighted by atomic mass is 10.1. The van der Waals surface area contributed by atoms with Crippen molar-refractivity contribution in [2.45, 2.75) is 37.5 Å². The standard InChI is InChI=1S/C18H27N3O4S/c1-3-4-10-20(2)18(23)15-12-17(22)21(13-15)11-9-14-5-7-16(8-6-14)26(19,24)25/h5-8,15H,3-4,9-13H2,1-2H3,(H2,19,24,25). The summed E-state index contributed by atoms with van der Waals surface area (Å²) in [6.07, 6.45) is 2.85. The minimum atomic E-state index is -3.70. The predicted molar refractivity (Wildman–Crippen MR) is 98.8 cm³/mol. The van der Waals surface area contributed by atoms with E-state index in [4.69, 9.17) is 5.14 Å². The zero-order chi connectivity index (χ0) is 19.3. The molecule has 144 valence electrons. The highest BCUT2D eigenvalue weighted by molar-refractivity contribution is 7.89. The first-order chi connectivity index (χ1) is 12.2. The lowest BCUT2D eigenvalue weighted by Crippen LogP contribution is -2.35. The molecule has 0 bridgehead atoms. The summed E-state index contributed by atoms with van der Waals surface area (Å²) in [6.45, 7) is 3.75. The zero-order valence-corrected chi connectivity index (χ0v) is 16.2. The van der Waals surface area contributed by atoms with E-state index in [1.807, 2.05) is 0 Å². The van der Waals surface area contributed by atoms with Crippen LogP contribution >= 0.6 is 0 Å². The summed E-state index contributed by atoms with van der Waals surface area (Å²) in [4.78, 5) is 28.1. The Morgan fingerprint density at radius 1 is 1.31 bits per heavy atom. The fourth-order valence-corrected chi connectivity index (χ4v) is 3.60. The van der Waals surface area contributed by atoms with Crippen LogP contribution in [0.2, 0.25) is 0 Å². The molecule has 26 heavy (non-hydrogen) atoms. The van der Waals surface area contributed by atoms with Gasteiger partial charge in [0.15, 0.2) is 0 Å². The number of nitrogens with two attached hydrogens (primary N) is 1. The van der Waals surface area contributed by atoms with Gasteiger partial charge in [0.05, 0.1) is 10.8 Å². The number of unbranched alkanes of at least 4 members (excludes halogenated alkanes) is 1. The second-order valence-corrected chi connectivity index (χ2v) is 8.35. The molecule has 0 aromatic heterocycles. The predicted octanol–water partition coefficient (Wildman–Crippen LogP) is 0.984. The molecule has 2 N–H and O–H groups in total. The topological polar surface area (TPSA) is 101 Å². The van der Waals surface area contributed by atoms with Crippen molar-refractivity contribution in [1.82, 2.24) is 9.80 Å². The van der Waals surface area contributed by atoms with E-state index in [1.165, 1.54) is 12.1 Å². The quantitative estimate of drug-likeness (QED) is 0.725. The van der Waals surface area contributed by atoms with Crippen molar-refractivity contribution in [3.63, 3.8) is 0 Å². The Hall–Kier alpha value is -1.93. The third-order valence-electron chi connectivity index (χ3n) is 4.71. The summed E-state index contributed by atoms with van der Waals surface area (Å²) in [5, 5.41) is 5.08. The second-order valence-electron chi connectivity index (χ2n) is 6.79. The number of rotatable bonds is 8. The van der Waals surface area contributed by atoms with E-state index < -0.39 is 10.0 Å². The van der Waals surface area contributed by atoms with Gasteiger partial charge in [-0.1, -0.05) is 25.5 Å². The largest absolute Gasteiger partial charge is 0.345 e. The van der Waals surface area contributed by atoms with Crippen molar-refractivity contribution < 1.29 is 18.0 Å². The van der Waals surface area contributed by atoms with Gasteiger partial charge in [-0.15, -0.1) is 0 Å². The Balaban J connectivity index is 1.89. The first-order valence-corrected chi connectivity index (χ1v) is 10.4. The second kappa shape index (κ2) is 8.64. The Kier molecular flexibility index (Phi) is 6.77. The number of hydrogen-bond acceptors (Lipinski definition) is 4. The number of carbonyl (C=O) groups is 2. The van der Waals surface area contributed by atoms with Crippen LogP contribution in [-0.2, 0) is 26.0 Å². The van der Waals surface area contributed by atoms with Crippen LogP contribution in [0.5, 0.6) is 0 Å². The average molecular weight is 381 g/mol. The molecule has 1 unspecified atom stereocenters. The number of amides is 2. The van der Waals surface area contributed by atoms with Gasteiger partial charge in [-0.3, -0.25) is 9.59 Å². The first-order valence-electron chi connectivity index (χ1n) is 8.87. The van der Waals surface area contributed by atoms with Crippen molar-refractivity contribution in [1.29, 1.82) is 0 Å². The van der Waals surface area contributed by atoms with Gasteiger partial charge < -0.3 is 9.80 Å². The number of sulfonamides is 1. The van der Waals surface area contributed by atoms with Gasteiger partial charge in [0.1, 0.15) is 0 Å². The Bertz CT molecular complexity index is 746. The Labute approximate surface area is 155 Å². The summed E-state index contributed by atoms with van der Waals surface area (Å²) >= 11 is 0. The molecule has 2 amide bonds. The third kappa shape index (κ3) is 5.28. The molecule has 1 atom stereocenters. The van der Waals surface area contributed by atoms with E-state index >= 15 is 0 Å². The summed E-state index contributed by atoms with van der Waals surface area (Å²) in [5.41, 5.74) is 0.917. The van der Waals surface area contributed by atoms with E-state index in [2.05, 4.69) is 6.92 Å². The van der Waals surface area contributed by atoms with Crippen LogP contribution in [0.25, 0.3) is 0 Å². The fraction of sp³-hybridized carbons (Fsp3) is 0.556. The molecule has 1 saturated heterocycles. The van der Waals surface area contributed by atoms with Gasteiger partial charge in [0.2, 0.25) is 21.8 Å². The molecule has 1 aliphatic rings. The van der Waals surface area contributed by atoms with E-state index in [0.717, 1.165) is 24.9 Å². The molecule has 1 aliphatic heterocycles. The maximum atomic E-state index is 12.4. The first kappa shape index (κ1) is 20.4. The van der Waals surface area contributed by atoms with Crippen LogP contribution in [0.15, 0.2) is 29.2 Å². The van der Waals surface area contributed by atoms with Crippen LogP contribution in [-0.4, -0.2) is 56.7 Å². The average Bonchev–Trinajstić information content (AvgIpc) is 2.97. The molecule has 0 saturated carbocycles. The van der Waals surface area contributed by atoms with Crippen molar-refractivity contribution in [2.24, 2.45) is 11.1 Å².